The van der Waals surface area contributed by atoms with E-state index in [1.807, 2.05) is 0 Å². The third-order valence-corrected chi connectivity index (χ3v) is 4.53. The van der Waals surface area contributed by atoms with Crippen LogP contribution in [-0.4, -0.2) is 32.2 Å². The smallest absolute Gasteiger partial charge is 0.240 e. The maximum atomic E-state index is 12.0. The highest BCUT2D eigenvalue weighted by Gasteiger charge is 2.20. The molecule has 0 bridgehead atoms. The molecule has 116 valence electrons. The van der Waals surface area contributed by atoms with Gasteiger partial charge in [0.15, 0.2) is 5.03 Å². The van der Waals surface area contributed by atoms with Crippen molar-refractivity contribution in [3.05, 3.63) is 47.6 Å². The number of carbonyl (C=O) groups is 1. The van der Waals surface area contributed by atoms with E-state index in [2.05, 4.69) is 10.3 Å². The minimum Gasteiger partial charge on any atom is -0.495 e. The maximum absolute atomic E-state index is 12.0. The molecular formula is C14H13ClN2O4S. The summed E-state index contributed by atoms with van der Waals surface area (Å²) >= 11 is 5.94. The van der Waals surface area contributed by atoms with Crippen LogP contribution in [0.25, 0.3) is 0 Å². The first kappa shape index (κ1) is 16.3. The molecule has 0 spiro atoms. The second-order valence-electron chi connectivity index (χ2n) is 4.32. The van der Waals surface area contributed by atoms with Gasteiger partial charge in [0, 0.05) is 11.9 Å². The van der Waals surface area contributed by atoms with Gasteiger partial charge in [0.05, 0.1) is 12.1 Å². The van der Waals surface area contributed by atoms with Gasteiger partial charge in [-0.15, -0.1) is 0 Å². The van der Waals surface area contributed by atoms with E-state index in [9.17, 15) is 13.2 Å². The number of nitrogens with zero attached hydrogens (tertiary/aromatic N) is 1. The number of methoxy groups -OCH3 is 1. The monoisotopic (exact) mass is 340 g/mol. The van der Waals surface area contributed by atoms with Crippen molar-refractivity contribution < 1.29 is 17.9 Å². The van der Waals surface area contributed by atoms with Crippen molar-refractivity contribution in [1.82, 2.24) is 4.98 Å². The lowest BCUT2D eigenvalue weighted by atomic mass is 10.3. The third kappa shape index (κ3) is 3.96. The van der Waals surface area contributed by atoms with Crippen LogP contribution in [0.3, 0.4) is 0 Å². The van der Waals surface area contributed by atoms with Gasteiger partial charge in [0.1, 0.15) is 11.5 Å². The third-order valence-electron chi connectivity index (χ3n) is 2.71. The first-order valence-electron chi connectivity index (χ1n) is 6.19. The summed E-state index contributed by atoms with van der Waals surface area (Å²) in [5.74, 6) is -0.916. The van der Waals surface area contributed by atoms with Crippen LogP contribution in [0.5, 0.6) is 5.75 Å². The zero-order valence-corrected chi connectivity index (χ0v) is 13.2. The highest BCUT2D eigenvalue weighted by Crippen LogP contribution is 2.27. The fourth-order valence-corrected chi connectivity index (χ4v) is 3.05. The van der Waals surface area contributed by atoms with Gasteiger partial charge in [-0.3, -0.25) is 4.79 Å². The zero-order valence-electron chi connectivity index (χ0n) is 11.6. The quantitative estimate of drug-likeness (QED) is 0.901. The Bertz CT molecular complexity index is 779. The standard InChI is InChI=1S/C14H13ClN2O4S/c1-21-12-6-5-10(8-11(12)15)17-13(18)9-22(19,20)14-4-2-3-7-16-14/h2-8H,9H2,1H3,(H,17,18). The summed E-state index contributed by atoms with van der Waals surface area (Å²) in [4.78, 5) is 15.6. The van der Waals surface area contributed by atoms with Gasteiger partial charge in [-0.1, -0.05) is 17.7 Å². The van der Waals surface area contributed by atoms with Crippen LogP contribution in [-0.2, 0) is 14.6 Å². The molecule has 1 heterocycles. The van der Waals surface area contributed by atoms with E-state index in [0.717, 1.165) is 0 Å². The Morgan fingerprint density at radius 1 is 1.32 bits per heavy atom. The largest absolute Gasteiger partial charge is 0.495 e. The summed E-state index contributed by atoms with van der Waals surface area (Å²) in [7, 11) is -2.31. The minimum absolute atomic E-state index is 0.141. The summed E-state index contributed by atoms with van der Waals surface area (Å²) in [6.07, 6.45) is 1.36. The number of pyridine rings is 1. The van der Waals surface area contributed by atoms with E-state index in [-0.39, 0.29) is 5.03 Å². The zero-order chi connectivity index (χ0) is 16.2. The van der Waals surface area contributed by atoms with Crippen molar-refractivity contribution in [2.24, 2.45) is 0 Å². The van der Waals surface area contributed by atoms with E-state index in [0.29, 0.717) is 16.5 Å². The number of sulfone groups is 1. The summed E-state index contributed by atoms with van der Waals surface area (Å²) in [5, 5.41) is 2.65. The molecule has 22 heavy (non-hydrogen) atoms. The Morgan fingerprint density at radius 3 is 2.68 bits per heavy atom. The van der Waals surface area contributed by atoms with E-state index in [4.69, 9.17) is 16.3 Å². The van der Waals surface area contributed by atoms with Crippen LogP contribution >= 0.6 is 11.6 Å². The predicted octanol–water partition coefficient (Wildman–Crippen LogP) is 2.16. The number of rotatable bonds is 5. The molecule has 0 unspecified atom stereocenters. The highest BCUT2D eigenvalue weighted by atomic mass is 35.5. The van der Waals surface area contributed by atoms with Gasteiger partial charge in [-0.05, 0) is 30.3 Å². The molecule has 0 aliphatic rings. The van der Waals surface area contributed by atoms with Crippen molar-refractivity contribution in [3.63, 3.8) is 0 Å². The predicted molar refractivity (Wildman–Crippen MR) is 82.9 cm³/mol. The van der Waals surface area contributed by atoms with Crippen molar-refractivity contribution >= 4 is 33.0 Å². The molecule has 0 aliphatic carbocycles. The first-order chi connectivity index (χ1) is 10.4. The Hall–Kier alpha value is -2.12. The fraction of sp³-hybridized carbons (Fsp3) is 0.143. The van der Waals surface area contributed by atoms with Crippen LogP contribution in [0.1, 0.15) is 0 Å². The lowest BCUT2D eigenvalue weighted by molar-refractivity contribution is -0.113. The minimum atomic E-state index is -3.78. The average molecular weight is 341 g/mol. The first-order valence-corrected chi connectivity index (χ1v) is 8.22. The number of hydrogen-bond acceptors (Lipinski definition) is 5. The van der Waals surface area contributed by atoms with Gasteiger partial charge >= 0.3 is 0 Å². The molecule has 0 saturated carbocycles. The number of nitrogens with one attached hydrogen (secondary N) is 1. The van der Waals surface area contributed by atoms with Crippen molar-refractivity contribution in [2.75, 3.05) is 18.2 Å². The summed E-state index contributed by atoms with van der Waals surface area (Å²) in [6, 6.07) is 9.10. The summed E-state index contributed by atoms with van der Waals surface area (Å²) in [5.41, 5.74) is 0.382. The van der Waals surface area contributed by atoms with Crippen LogP contribution in [0.15, 0.2) is 47.6 Å². The second kappa shape index (κ2) is 6.76. The number of anilines is 1. The molecule has 1 N–H and O–H groups in total. The Morgan fingerprint density at radius 2 is 2.09 bits per heavy atom. The Labute approximate surface area is 133 Å². The molecule has 1 aromatic carbocycles. The molecule has 8 heteroatoms. The van der Waals surface area contributed by atoms with E-state index >= 15 is 0 Å². The van der Waals surface area contributed by atoms with E-state index in [1.54, 1.807) is 24.3 Å². The highest BCUT2D eigenvalue weighted by molar-refractivity contribution is 7.92. The molecule has 0 fully saturated rings. The number of halogens is 1. The molecule has 2 aromatic rings. The summed E-state index contributed by atoms with van der Waals surface area (Å²) in [6.45, 7) is 0. The van der Waals surface area contributed by atoms with Gasteiger partial charge < -0.3 is 10.1 Å². The number of aromatic nitrogens is 1. The van der Waals surface area contributed by atoms with Crippen LogP contribution < -0.4 is 10.1 Å². The van der Waals surface area contributed by atoms with E-state index < -0.39 is 21.5 Å². The molecule has 0 atom stereocenters. The second-order valence-corrected chi connectivity index (χ2v) is 6.67. The topological polar surface area (TPSA) is 85.4 Å². The molecule has 1 aromatic heterocycles. The number of benzene rings is 1. The Kier molecular flexibility index (Phi) is 4.99. The molecule has 6 nitrogen and oxygen atoms in total. The lowest BCUT2D eigenvalue weighted by Gasteiger charge is -2.08. The Balaban J connectivity index is 2.09. The fourth-order valence-electron chi connectivity index (χ4n) is 1.72. The van der Waals surface area contributed by atoms with Crippen molar-refractivity contribution in [1.29, 1.82) is 0 Å². The van der Waals surface area contributed by atoms with Gasteiger partial charge in [0.25, 0.3) is 0 Å². The molecular weight excluding hydrogens is 328 g/mol. The number of ether oxygens (including phenoxy) is 1. The normalized spacial score (nSPS) is 11.0. The number of amides is 1. The lowest BCUT2D eigenvalue weighted by Crippen LogP contribution is -2.23. The molecule has 0 aliphatic heterocycles. The molecule has 0 radical (unpaired) electrons. The van der Waals surface area contributed by atoms with Crippen molar-refractivity contribution in [2.45, 2.75) is 5.03 Å². The van der Waals surface area contributed by atoms with Crippen LogP contribution in [0.2, 0.25) is 5.02 Å². The SMILES string of the molecule is COc1ccc(NC(=O)CS(=O)(=O)c2ccccn2)cc1Cl. The van der Waals surface area contributed by atoms with Gasteiger partial charge in [-0.25, -0.2) is 13.4 Å². The number of carbonyl (C=O) groups excluding carboxylic acids is 1. The average Bonchev–Trinajstić information content (AvgIpc) is 2.47. The molecule has 1 amide bonds. The summed E-state index contributed by atoms with van der Waals surface area (Å²) < 4.78 is 29.1. The van der Waals surface area contributed by atoms with Gasteiger partial charge in [-0.2, -0.15) is 0 Å². The van der Waals surface area contributed by atoms with Crippen LogP contribution in [0, 0.1) is 0 Å². The maximum Gasteiger partial charge on any atom is 0.240 e. The molecule has 0 saturated heterocycles. The van der Waals surface area contributed by atoms with Gasteiger partial charge in [0.2, 0.25) is 15.7 Å². The number of hydrogen-bond donors (Lipinski definition) is 1. The molecule has 2 rings (SSSR count). The van der Waals surface area contributed by atoms with Crippen molar-refractivity contribution in [3.8, 4) is 5.75 Å². The van der Waals surface area contributed by atoms with Crippen LogP contribution in [0.4, 0.5) is 5.69 Å². The van der Waals surface area contributed by atoms with E-state index in [1.165, 1.54) is 25.4 Å².